The van der Waals surface area contributed by atoms with Crippen molar-refractivity contribution >= 4 is 17.6 Å². The number of nitriles is 1. The van der Waals surface area contributed by atoms with Gasteiger partial charge in [-0.2, -0.15) is 5.26 Å². The molecule has 1 N–H and O–H groups in total. The van der Waals surface area contributed by atoms with E-state index in [4.69, 9.17) is 9.68 Å². The highest BCUT2D eigenvalue weighted by molar-refractivity contribution is 6.14. The second-order valence-electron chi connectivity index (χ2n) is 4.56. The van der Waals surface area contributed by atoms with E-state index in [0.29, 0.717) is 12.2 Å². The van der Waals surface area contributed by atoms with Crippen molar-refractivity contribution in [3.63, 3.8) is 0 Å². The van der Waals surface area contributed by atoms with Crippen LogP contribution < -0.4 is 5.32 Å². The minimum Gasteiger partial charge on any atom is -0.458 e. The van der Waals surface area contributed by atoms with Crippen molar-refractivity contribution in [3.8, 4) is 6.07 Å². The number of hydrogen-bond acceptors (Lipinski definition) is 6. The van der Waals surface area contributed by atoms with Gasteiger partial charge in [-0.1, -0.05) is 6.92 Å². The Balaban J connectivity index is 2.18. The summed E-state index contributed by atoms with van der Waals surface area (Å²) in [4.78, 5) is 31.9. The maximum absolute atomic E-state index is 12.3. The van der Waals surface area contributed by atoms with E-state index < -0.39 is 17.6 Å². The first kappa shape index (κ1) is 15.4. The van der Waals surface area contributed by atoms with Crippen molar-refractivity contribution in [2.24, 2.45) is 5.92 Å². The summed E-state index contributed by atoms with van der Waals surface area (Å²) in [5, 5.41) is 11.5. The molecule has 1 amide bonds. The van der Waals surface area contributed by atoms with Crippen molar-refractivity contribution in [2.45, 2.75) is 20.3 Å². The fraction of sp³-hybridized carbons (Fsp3) is 0.267. The Labute approximate surface area is 127 Å². The molecule has 1 atom stereocenters. The van der Waals surface area contributed by atoms with Crippen LogP contribution in [0, 0.1) is 24.2 Å². The zero-order valence-corrected chi connectivity index (χ0v) is 12.2. The summed E-state index contributed by atoms with van der Waals surface area (Å²) in [6.45, 7) is 3.69. The van der Waals surface area contributed by atoms with Crippen LogP contribution in [0.1, 0.15) is 28.8 Å². The molecule has 0 aliphatic rings. The molecule has 2 heterocycles. The van der Waals surface area contributed by atoms with Gasteiger partial charge in [-0.3, -0.25) is 14.9 Å². The predicted octanol–water partition coefficient (Wildman–Crippen LogP) is 1.90. The van der Waals surface area contributed by atoms with Crippen molar-refractivity contribution < 1.29 is 14.0 Å². The van der Waals surface area contributed by atoms with Crippen LogP contribution in [0.3, 0.4) is 0 Å². The normalized spacial score (nSPS) is 11.5. The van der Waals surface area contributed by atoms with Crippen LogP contribution in [-0.4, -0.2) is 21.7 Å². The highest BCUT2D eigenvalue weighted by Crippen LogP contribution is 2.19. The molecule has 0 saturated heterocycles. The van der Waals surface area contributed by atoms with Gasteiger partial charge >= 0.3 is 0 Å². The fourth-order valence-corrected chi connectivity index (χ4v) is 1.92. The van der Waals surface area contributed by atoms with Gasteiger partial charge in [-0.15, -0.1) is 0 Å². The average molecular weight is 298 g/mol. The summed E-state index contributed by atoms with van der Waals surface area (Å²) in [6.07, 6.45) is 3.50. The molecule has 0 aromatic carbocycles. The highest BCUT2D eigenvalue weighted by Gasteiger charge is 2.30. The number of nitrogens with zero attached hydrogens (tertiary/aromatic N) is 3. The molecule has 0 spiro atoms. The standard InChI is InChI=1S/C15H14N4O3/c1-3-11-9(2)7-12(22-11)13(20)10(8-16)14(21)19-15-17-5-4-6-18-15/h4-7,10H,3H2,1-2H3,(H,17,18,19,21)/t10-/m1/s1. The molecule has 0 bridgehead atoms. The molecule has 7 nitrogen and oxygen atoms in total. The average Bonchev–Trinajstić information content (AvgIpc) is 2.90. The number of ketones is 1. The Hall–Kier alpha value is -3.01. The van der Waals surface area contributed by atoms with E-state index >= 15 is 0 Å². The summed E-state index contributed by atoms with van der Waals surface area (Å²) in [7, 11) is 0. The number of aromatic nitrogens is 2. The van der Waals surface area contributed by atoms with Gasteiger partial charge in [0.15, 0.2) is 11.7 Å². The van der Waals surface area contributed by atoms with Gasteiger partial charge in [0.2, 0.25) is 11.7 Å². The molecule has 22 heavy (non-hydrogen) atoms. The van der Waals surface area contributed by atoms with Crippen LogP contribution in [-0.2, 0) is 11.2 Å². The lowest BCUT2D eigenvalue weighted by molar-refractivity contribution is -0.117. The monoisotopic (exact) mass is 298 g/mol. The summed E-state index contributed by atoms with van der Waals surface area (Å²) in [5.74, 6) is -2.29. The van der Waals surface area contributed by atoms with Gasteiger partial charge in [0.05, 0.1) is 6.07 Å². The number of hydrogen-bond donors (Lipinski definition) is 1. The Morgan fingerprint density at radius 3 is 2.64 bits per heavy atom. The molecule has 0 saturated carbocycles. The van der Waals surface area contributed by atoms with E-state index in [1.165, 1.54) is 18.5 Å². The summed E-state index contributed by atoms with van der Waals surface area (Å²) >= 11 is 0. The quantitative estimate of drug-likeness (QED) is 0.667. The molecule has 0 unspecified atom stereocenters. The maximum Gasteiger partial charge on any atom is 0.252 e. The number of rotatable bonds is 5. The van der Waals surface area contributed by atoms with Crippen LogP contribution in [0.2, 0.25) is 0 Å². The van der Waals surface area contributed by atoms with Crippen LogP contribution in [0.4, 0.5) is 5.95 Å². The zero-order valence-electron chi connectivity index (χ0n) is 12.2. The lowest BCUT2D eigenvalue weighted by Crippen LogP contribution is -2.29. The van der Waals surface area contributed by atoms with Crippen LogP contribution >= 0.6 is 0 Å². The minimum atomic E-state index is -1.51. The topological polar surface area (TPSA) is 109 Å². The van der Waals surface area contributed by atoms with Crippen LogP contribution in [0.15, 0.2) is 28.9 Å². The first-order valence-electron chi connectivity index (χ1n) is 6.67. The first-order valence-corrected chi connectivity index (χ1v) is 6.67. The SMILES string of the molecule is CCc1oc(C(=O)[C@@H](C#N)C(=O)Nc2ncccn2)cc1C. The molecule has 2 aromatic rings. The van der Waals surface area contributed by atoms with Gasteiger partial charge in [-0.05, 0) is 24.6 Å². The molecule has 2 rings (SSSR count). The largest absolute Gasteiger partial charge is 0.458 e. The summed E-state index contributed by atoms with van der Waals surface area (Å²) in [5.41, 5.74) is 0.814. The van der Waals surface area contributed by atoms with Crippen molar-refractivity contribution in [2.75, 3.05) is 5.32 Å². The van der Waals surface area contributed by atoms with E-state index in [1.807, 2.05) is 6.92 Å². The number of furan rings is 1. The third-order valence-electron chi connectivity index (χ3n) is 3.04. The van der Waals surface area contributed by atoms with Gasteiger partial charge in [0.25, 0.3) is 5.91 Å². The van der Waals surface area contributed by atoms with Crippen LogP contribution in [0.25, 0.3) is 0 Å². The number of Topliss-reactive ketones (excluding diaryl/α,β-unsaturated/α-hetero) is 1. The second kappa shape index (κ2) is 6.63. The predicted molar refractivity (Wildman–Crippen MR) is 76.9 cm³/mol. The molecule has 0 aliphatic heterocycles. The second-order valence-corrected chi connectivity index (χ2v) is 4.56. The van der Waals surface area contributed by atoms with E-state index in [-0.39, 0.29) is 11.7 Å². The van der Waals surface area contributed by atoms with Crippen molar-refractivity contribution in [3.05, 3.63) is 41.6 Å². The number of nitrogens with one attached hydrogen (secondary N) is 1. The summed E-state index contributed by atoms with van der Waals surface area (Å²) < 4.78 is 5.40. The molecule has 112 valence electrons. The smallest absolute Gasteiger partial charge is 0.252 e. The minimum absolute atomic E-state index is 0.00466. The lowest BCUT2D eigenvalue weighted by atomic mass is 10.0. The molecule has 7 heteroatoms. The molecule has 0 aliphatic carbocycles. The Morgan fingerprint density at radius 1 is 1.41 bits per heavy atom. The maximum atomic E-state index is 12.3. The Morgan fingerprint density at radius 2 is 2.09 bits per heavy atom. The zero-order chi connectivity index (χ0) is 16.1. The van der Waals surface area contributed by atoms with Crippen molar-refractivity contribution in [1.29, 1.82) is 5.26 Å². The third-order valence-corrected chi connectivity index (χ3v) is 3.04. The van der Waals surface area contributed by atoms with E-state index in [2.05, 4.69) is 15.3 Å². The fourth-order valence-electron chi connectivity index (χ4n) is 1.92. The number of anilines is 1. The number of amides is 1. The molecule has 0 fully saturated rings. The van der Waals surface area contributed by atoms with Gasteiger partial charge < -0.3 is 4.42 Å². The third kappa shape index (κ3) is 3.17. The molecular weight excluding hydrogens is 284 g/mol. The highest BCUT2D eigenvalue weighted by atomic mass is 16.3. The Kier molecular flexibility index (Phi) is 4.63. The first-order chi connectivity index (χ1) is 10.6. The van der Waals surface area contributed by atoms with Gasteiger partial charge in [0.1, 0.15) is 5.76 Å². The lowest BCUT2D eigenvalue weighted by Gasteiger charge is -2.06. The van der Waals surface area contributed by atoms with E-state index in [0.717, 1.165) is 5.56 Å². The molecular formula is C15H14N4O3. The summed E-state index contributed by atoms with van der Waals surface area (Å²) in [6, 6.07) is 4.81. The van der Waals surface area contributed by atoms with Crippen molar-refractivity contribution in [1.82, 2.24) is 9.97 Å². The molecule has 0 radical (unpaired) electrons. The Bertz CT molecular complexity index is 731. The van der Waals surface area contributed by atoms with Gasteiger partial charge in [0, 0.05) is 18.8 Å². The number of carbonyl (C=O) groups excluding carboxylic acids is 2. The number of aryl methyl sites for hydroxylation is 2. The van der Waals surface area contributed by atoms with Crippen LogP contribution in [0.5, 0.6) is 0 Å². The van der Waals surface area contributed by atoms with E-state index in [9.17, 15) is 9.59 Å². The van der Waals surface area contributed by atoms with E-state index in [1.54, 1.807) is 19.1 Å². The molecule has 2 aromatic heterocycles. The van der Waals surface area contributed by atoms with Gasteiger partial charge in [-0.25, -0.2) is 9.97 Å². The number of carbonyl (C=O) groups is 2.